The van der Waals surface area contributed by atoms with Crippen molar-refractivity contribution in [3.05, 3.63) is 53.1 Å². The molecule has 3 N–H and O–H groups in total. The third-order valence-corrected chi connectivity index (χ3v) is 3.13. The third-order valence-electron chi connectivity index (χ3n) is 3.13. The average molecular weight is 270 g/mol. The van der Waals surface area contributed by atoms with Crippen molar-refractivity contribution in [1.82, 2.24) is 0 Å². The number of amides is 1. The molecule has 0 fully saturated rings. The molecule has 0 aliphatic rings. The van der Waals surface area contributed by atoms with E-state index in [1.807, 2.05) is 32.0 Å². The second kappa shape index (κ2) is 5.65. The zero-order valence-corrected chi connectivity index (χ0v) is 11.9. The first-order valence-electron chi connectivity index (χ1n) is 6.33. The number of carbonyl (C=O) groups is 1. The van der Waals surface area contributed by atoms with Gasteiger partial charge in [-0.1, -0.05) is 17.7 Å². The number of anilines is 2. The van der Waals surface area contributed by atoms with Crippen molar-refractivity contribution in [1.29, 1.82) is 0 Å². The molecule has 2 aromatic rings. The van der Waals surface area contributed by atoms with Gasteiger partial charge in [-0.2, -0.15) is 0 Å². The molecule has 20 heavy (non-hydrogen) atoms. The van der Waals surface area contributed by atoms with E-state index in [-0.39, 0.29) is 5.91 Å². The van der Waals surface area contributed by atoms with Crippen LogP contribution < -0.4 is 15.8 Å². The van der Waals surface area contributed by atoms with Crippen LogP contribution in [0.25, 0.3) is 0 Å². The van der Waals surface area contributed by atoms with Crippen molar-refractivity contribution in [3.8, 4) is 5.75 Å². The Kier molecular flexibility index (Phi) is 3.94. The molecule has 0 bridgehead atoms. The minimum Gasteiger partial charge on any atom is -0.495 e. The zero-order valence-electron chi connectivity index (χ0n) is 11.9. The Balaban J connectivity index is 2.25. The lowest BCUT2D eigenvalue weighted by Crippen LogP contribution is -2.13. The van der Waals surface area contributed by atoms with Gasteiger partial charge in [0.2, 0.25) is 0 Å². The van der Waals surface area contributed by atoms with Crippen LogP contribution in [0.15, 0.2) is 36.4 Å². The van der Waals surface area contributed by atoms with Crippen molar-refractivity contribution in [3.63, 3.8) is 0 Å². The molecule has 0 unspecified atom stereocenters. The number of hydrogen-bond donors (Lipinski definition) is 2. The van der Waals surface area contributed by atoms with Gasteiger partial charge >= 0.3 is 0 Å². The van der Waals surface area contributed by atoms with Crippen LogP contribution in [0.5, 0.6) is 5.75 Å². The number of carbonyl (C=O) groups excluding carboxylic acids is 1. The van der Waals surface area contributed by atoms with E-state index in [0.717, 1.165) is 11.1 Å². The summed E-state index contributed by atoms with van der Waals surface area (Å²) in [7, 11) is 1.54. The molecule has 0 saturated heterocycles. The molecule has 4 heteroatoms. The van der Waals surface area contributed by atoms with E-state index in [2.05, 4.69) is 5.32 Å². The summed E-state index contributed by atoms with van der Waals surface area (Å²) in [5.74, 6) is 0.404. The Labute approximate surface area is 118 Å². The average Bonchev–Trinajstić information content (AvgIpc) is 2.43. The summed E-state index contributed by atoms with van der Waals surface area (Å²) in [6, 6.07) is 11.0. The molecule has 0 aliphatic carbocycles. The molecule has 2 aromatic carbocycles. The third kappa shape index (κ3) is 2.91. The number of rotatable bonds is 3. The minimum atomic E-state index is -0.141. The lowest BCUT2D eigenvalue weighted by Gasteiger charge is -2.11. The van der Waals surface area contributed by atoms with E-state index >= 15 is 0 Å². The van der Waals surface area contributed by atoms with Crippen LogP contribution in [0.4, 0.5) is 11.4 Å². The fourth-order valence-electron chi connectivity index (χ4n) is 1.97. The molecule has 0 spiro atoms. The zero-order chi connectivity index (χ0) is 14.7. The predicted molar refractivity (Wildman–Crippen MR) is 81.3 cm³/mol. The number of aryl methyl sites for hydroxylation is 2. The molecule has 0 radical (unpaired) electrons. The van der Waals surface area contributed by atoms with Crippen LogP contribution in [0.3, 0.4) is 0 Å². The Hall–Kier alpha value is -2.49. The number of benzene rings is 2. The van der Waals surface area contributed by atoms with Crippen molar-refractivity contribution in [2.75, 3.05) is 18.2 Å². The predicted octanol–water partition coefficient (Wildman–Crippen LogP) is 3.15. The lowest BCUT2D eigenvalue weighted by atomic mass is 10.0. The van der Waals surface area contributed by atoms with Gasteiger partial charge in [0.15, 0.2) is 0 Å². The highest BCUT2D eigenvalue weighted by Gasteiger charge is 2.10. The van der Waals surface area contributed by atoms with Gasteiger partial charge < -0.3 is 15.8 Å². The van der Waals surface area contributed by atoms with Crippen LogP contribution in [-0.2, 0) is 0 Å². The summed E-state index contributed by atoms with van der Waals surface area (Å²) in [4.78, 5) is 12.3. The maximum Gasteiger partial charge on any atom is 0.255 e. The Morgan fingerprint density at radius 2 is 1.90 bits per heavy atom. The number of methoxy groups -OCH3 is 1. The number of ether oxygens (including phenoxy) is 1. The van der Waals surface area contributed by atoms with Crippen molar-refractivity contribution >= 4 is 17.3 Å². The van der Waals surface area contributed by atoms with Gasteiger partial charge in [-0.05, 0) is 37.6 Å². The second-order valence-corrected chi connectivity index (χ2v) is 4.73. The Morgan fingerprint density at radius 1 is 1.15 bits per heavy atom. The van der Waals surface area contributed by atoms with Crippen molar-refractivity contribution < 1.29 is 9.53 Å². The van der Waals surface area contributed by atoms with Crippen molar-refractivity contribution in [2.24, 2.45) is 0 Å². The summed E-state index contributed by atoms with van der Waals surface area (Å²) in [6.07, 6.45) is 0. The normalized spacial score (nSPS) is 10.2. The first kappa shape index (κ1) is 13.9. The summed E-state index contributed by atoms with van der Waals surface area (Å²) in [5.41, 5.74) is 9.60. The van der Waals surface area contributed by atoms with E-state index in [1.165, 1.54) is 0 Å². The quantitative estimate of drug-likeness (QED) is 0.842. The fraction of sp³-hybridized carbons (Fsp3) is 0.188. The van der Waals surface area contributed by atoms with E-state index in [4.69, 9.17) is 10.5 Å². The van der Waals surface area contributed by atoms with Crippen molar-refractivity contribution in [2.45, 2.75) is 13.8 Å². The maximum absolute atomic E-state index is 12.3. The molecule has 0 aromatic heterocycles. The summed E-state index contributed by atoms with van der Waals surface area (Å²) in [5, 5.41) is 2.85. The van der Waals surface area contributed by atoms with E-state index < -0.39 is 0 Å². The molecular formula is C16H18N2O2. The summed E-state index contributed by atoms with van der Waals surface area (Å²) >= 11 is 0. The van der Waals surface area contributed by atoms with Gasteiger partial charge in [0.1, 0.15) is 5.75 Å². The van der Waals surface area contributed by atoms with Crippen LogP contribution in [0.2, 0.25) is 0 Å². The number of nitrogens with two attached hydrogens (primary N) is 1. The highest BCUT2D eigenvalue weighted by atomic mass is 16.5. The molecule has 0 aliphatic heterocycles. The lowest BCUT2D eigenvalue weighted by molar-refractivity contribution is 0.102. The maximum atomic E-state index is 12.3. The van der Waals surface area contributed by atoms with Gasteiger partial charge in [-0.15, -0.1) is 0 Å². The largest absolute Gasteiger partial charge is 0.495 e. The van der Waals surface area contributed by atoms with Crippen LogP contribution in [0, 0.1) is 13.8 Å². The number of nitrogens with one attached hydrogen (secondary N) is 1. The monoisotopic (exact) mass is 270 g/mol. The first-order valence-corrected chi connectivity index (χ1v) is 6.33. The Morgan fingerprint density at radius 3 is 2.60 bits per heavy atom. The standard InChI is InChI=1S/C16H18N2O2/c1-10-4-5-11(2)13(8-10)16(19)18-12-6-7-14(17)15(9-12)20-3/h4-9H,17H2,1-3H3,(H,18,19). The highest BCUT2D eigenvalue weighted by Crippen LogP contribution is 2.25. The van der Waals surface area contributed by atoms with Gasteiger partial charge in [0.05, 0.1) is 12.8 Å². The molecule has 4 nitrogen and oxygen atoms in total. The highest BCUT2D eigenvalue weighted by molar-refractivity contribution is 6.05. The van der Waals surface area contributed by atoms with E-state index in [1.54, 1.807) is 25.3 Å². The van der Waals surface area contributed by atoms with Crippen LogP contribution >= 0.6 is 0 Å². The summed E-state index contributed by atoms with van der Waals surface area (Å²) < 4.78 is 5.14. The fourth-order valence-corrected chi connectivity index (χ4v) is 1.97. The molecule has 0 heterocycles. The Bertz CT molecular complexity index is 651. The van der Waals surface area contributed by atoms with Crippen LogP contribution in [-0.4, -0.2) is 13.0 Å². The van der Waals surface area contributed by atoms with Gasteiger partial charge in [0.25, 0.3) is 5.91 Å². The van der Waals surface area contributed by atoms with Gasteiger partial charge in [0, 0.05) is 17.3 Å². The molecule has 0 atom stereocenters. The second-order valence-electron chi connectivity index (χ2n) is 4.73. The van der Waals surface area contributed by atoms with Crippen LogP contribution in [0.1, 0.15) is 21.5 Å². The SMILES string of the molecule is COc1cc(NC(=O)c2cc(C)ccc2C)ccc1N. The number of hydrogen-bond acceptors (Lipinski definition) is 3. The molecule has 0 saturated carbocycles. The molecular weight excluding hydrogens is 252 g/mol. The molecule has 2 rings (SSSR count). The van der Waals surface area contributed by atoms with E-state index in [9.17, 15) is 4.79 Å². The molecule has 1 amide bonds. The number of nitrogen functional groups attached to an aromatic ring is 1. The summed E-state index contributed by atoms with van der Waals surface area (Å²) in [6.45, 7) is 3.88. The van der Waals surface area contributed by atoms with Gasteiger partial charge in [-0.3, -0.25) is 4.79 Å². The van der Waals surface area contributed by atoms with E-state index in [0.29, 0.717) is 22.7 Å². The minimum absolute atomic E-state index is 0.141. The molecule has 104 valence electrons. The topological polar surface area (TPSA) is 64.3 Å². The smallest absolute Gasteiger partial charge is 0.255 e. The van der Waals surface area contributed by atoms with Gasteiger partial charge in [-0.25, -0.2) is 0 Å². The first-order chi connectivity index (χ1) is 9.51.